The Morgan fingerprint density at radius 2 is 2.20 bits per heavy atom. The molecule has 0 spiro atoms. The van der Waals surface area contributed by atoms with Crippen LogP contribution in [0, 0.1) is 6.92 Å². The molecule has 0 aliphatic rings. The van der Waals surface area contributed by atoms with Gasteiger partial charge in [0, 0.05) is 18.3 Å². The fourth-order valence-electron chi connectivity index (χ4n) is 1.12. The van der Waals surface area contributed by atoms with Crippen LogP contribution in [0.2, 0.25) is 0 Å². The fraction of sp³-hybridized carbons (Fsp3) is 0.667. The predicted octanol–water partition coefficient (Wildman–Crippen LogP) is 2.88. The third-order valence-electron chi connectivity index (χ3n) is 1.79. The molecule has 0 fully saturated rings. The van der Waals surface area contributed by atoms with Crippen LogP contribution in [0.1, 0.15) is 23.5 Å². The van der Waals surface area contributed by atoms with Gasteiger partial charge in [-0.3, -0.25) is 0 Å². The van der Waals surface area contributed by atoms with E-state index in [4.69, 9.17) is 0 Å². The third-order valence-corrected chi connectivity index (χ3v) is 2.61. The van der Waals surface area contributed by atoms with Crippen LogP contribution in [0.5, 0.6) is 0 Å². The van der Waals surface area contributed by atoms with E-state index < -0.39 is 12.6 Å². The van der Waals surface area contributed by atoms with Gasteiger partial charge in [-0.1, -0.05) is 0 Å². The van der Waals surface area contributed by atoms with Crippen molar-refractivity contribution < 1.29 is 13.2 Å². The van der Waals surface area contributed by atoms with E-state index in [9.17, 15) is 13.2 Å². The van der Waals surface area contributed by atoms with Gasteiger partial charge in [0.15, 0.2) is 0 Å². The van der Waals surface area contributed by atoms with E-state index in [1.165, 1.54) is 0 Å². The summed E-state index contributed by atoms with van der Waals surface area (Å²) in [5.74, 6) is 0. The summed E-state index contributed by atoms with van der Waals surface area (Å²) in [4.78, 5) is 4.19. The Morgan fingerprint density at radius 1 is 1.47 bits per heavy atom. The van der Waals surface area contributed by atoms with Gasteiger partial charge in [-0.2, -0.15) is 13.2 Å². The van der Waals surface area contributed by atoms with E-state index in [1.807, 2.05) is 12.3 Å². The zero-order chi connectivity index (χ0) is 11.3. The molecule has 0 aliphatic heterocycles. The maximum atomic E-state index is 11.8. The molecule has 6 heteroatoms. The first-order valence-electron chi connectivity index (χ1n) is 4.66. The van der Waals surface area contributed by atoms with Crippen molar-refractivity contribution in [2.75, 3.05) is 6.54 Å². The summed E-state index contributed by atoms with van der Waals surface area (Å²) in [6, 6.07) is 0. The molecule has 0 radical (unpaired) electrons. The highest BCUT2D eigenvalue weighted by Crippen LogP contribution is 2.20. The molecule has 0 saturated heterocycles. The van der Waals surface area contributed by atoms with Crippen molar-refractivity contribution in [1.29, 1.82) is 0 Å². The van der Waals surface area contributed by atoms with Crippen molar-refractivity contribution in [3.63, 3.8) is 0 Å². The van der Waals surface area contributed by atoms with Gasteiger partial charge >= 0.3 is 6.18 Å². The number of rotatable bonds is 5. The zero-order valence-electron chi connectivity index (χ0n) is 8.40. The first-order valence-corrected chi connectivity index (χ1v) is 5.54. The Kier molecular flexibility index (Phi) is 4.53. The Morgan fingerprint density at radius 3 is 2.73 bits per heavy atom. The number of hydrogen-bond donors (Lipinski definition) is 1. The number of hydrogen-bond acceptors (Lipinski definition) is 3. The molecule has 0 amide bonds. The van der Waals surface area contributed by atoms with Gasteiger partial charge in [-0.25, -0.2) is 4.98 Å². The molecular weight excluding hydrogens is 225 g/mol. The summed E-state index contributed by atoms with van der Waals surface area (Å²) in [5.41, 5.74) is 0.893. The molecule has 1 aromatic rings. The molecular formula is C9H13F3N2S. The molecule has 1 aromatic heterocycles. The lowest BCUT2D eigenvalue weighted by atomic mass is 10.3. The van der Waals surface area contributed by atoms with Gasteiger partial charge in [0.25, 0.3) is 0 Å². The summed E-state index contributed by atoms with van der Waals surface area (Å²) >= 11 is 1.54. The number of nitrogens with zero attached hydrogens (tertiary/aromatic N) is 1. The average Bonchev–Trinajstić information content (AvgIpc) is 2.49. The third kappa shape index (κ3) is 5.74. The summed E-state index contributed by atoms with van der Waals surface area (Å²) in [7, 11) is 0. The topological polar surface area (TPSA) is 24.9 Å². The molecule has 1 rings (SSSR count). The van der Waals surface area contributed by atoms with E-state index in [0.717, 1.165) is 10.7 Å². The van der Waals surface area contributed by atoms with Crippen LogP contribution in [-0.2, 0) is 6.54 Å². The Labute approximate surface area is 90.5 Å². The first-order chi connectivity index (χ1) is 6.97. The van der Waals surface area contributed by atoms with Crippen molar-refractivity contribution in [3.8, 4) is 0 Å². The molecule has 0 atom stereocenters. The van der Waals surface area contributed by atoms with Gasteiger partial charge < -0.3 is 5.32 Å². The highest BCUT2D eigenvalue weighted by atomic mass is 32.1. The highest BCUT2D eigenvalue weighted by Gasteiger charge is 2.25. The minimum atomic E-state index is -4.04. The van der Waals surface area contributed by atoms with E-state index >= 15 is 0 Å². The molecule has 0 unspecified atom stereocenters. The van der Waals surface area contributed by atoms with Gasteiger partial charge in [0.1, 0.15) is 0 Å². The van der Waals surface area contributed by atoms with Crippen molar-refractivity contribution in [2.45, 2.75) is 32.5 Å². The molecule has 0 saturated carbocycles. The molecule has 86 valence electrons. The smallest absolute Gasteiger partial charge is 0.311 e. The number of aryl methyl sites for hydroxylation is 1. The van der Waals surface area contributed by atoms with Crippen LogP contribution in [0.4, 0.5) is 13.2 Å². The standard InChI is InChI=1S/C9H13F3N2S/c1-7-14-8(6-15-7)5-13-4-2-3-9(10,11)12/h6,13H,2-5H2,1H3. The van der Waals surface area contributed by atoms with Gasteiger partial charge in [-0.15, -0.1) is 11.3 Å². The second-order valence-corrected chi connectivity index (χ2v) is 4.32. The maximum Gasteiger partial charge on any atom is 0.389 e. The Bertz CT molecular complexity index is 296. The van der Waals surface area contributed by atoms with Crippen molar-refractivity contribution in [1.82, 2.24) is 10.3 Å². The van der Waals surface area contributed by atoms with Crippen LogP contribution in [0.15, 0.2) is 5.38 Å². The molecule has 0 aromatic carbocycles. The predicted molar refractivity (Wildman–Crippen MR) is 53.8 cm³/mol. The van der Waals surface area contributed by atoms with Gasteiger partial charge in [0.2, 0.25) is 0 Å². The van der Waals surface area contributed by atoms with E-state index in [0.29, 0.717) is 13.1 Å². The number of aromatic nitrogens is 1. The number of alkyl halides is 3. The van der Waals surface area contributed by atoms with E-state index in [2.05, 4.69) is 10.3 Å². The Balaban J connectivity index is 2.07. The van der Waals surface area contributed by atoms with Crippen molar-refractivity contribution in [2.24, 2.45) is 0 Å². The molecule has 1 N–H and O–H groups in total. The highest BCUT2D eigenvalue weighted by molar-refractivity contribution is 7.09. The molecule has 1 heterocycles. The quantitative estimate of drug-likeness (QED) is 0.798. The van der Waals surface area contributed by atoms with Crippen LogP contribution < -0.4 is 5.32 Å². The fourth-order valence-corrected chi connectivity index (χ4v) is 1.73. The molecule has 0 bridgehead atoms. The lowest BCUT2D eigenvalue weighted by Crippen LogP contribution is -2.17. The largest absolute Gasteiger partial charge is 0.389 e. The molecule has 15 heavy (non-hydrogen) atoms. The normalized spacial score (nSPS) is 12.0. The molecule has 0 aliphatic carbocycles. The Hall–Kier alpha value is -0.620. The van der Waals surface area contributed by atoms with E-state index in [-0.39, 0.29) is 6.42 Å². The summed E-state index contributed by atoms with van der Waals surface area (Å²) in [6.45, 7) is 2.82. The number of nitrogens with one attached hydrogen (secondary N) is 1. The van der Waals surface area contributed by atoms with Crippen molar-refractivity contribution >= 4 is 11.3 Å². The summed E-state index contributed by atoms with van der Waals surface area (Å²) < 4.78 is 35.3. The lowest BCUT2D eigenvalue weighted by Gasteiger charge is -2.06. The van der Waals surface area contributed by atoms with Crippen molar-refractivity contribution in [3.05, 3.63) is 16.1 Å². The first kappa shape index (κ1) is 12.4. The minimum absolute atomic E-state index is 0.118. The van der Waals surface area contributed by atoms with E-state index in [1.54, 1.807) is 11.3 Å². The SMILES string of the molecule is Cc1nc(CNCCCC(F)(F)F)cs1. The second-order valence-electron chi connectivity index (χ2n) is 3.25. The monoisotopic (exact) mass is 238 g/mol. The van der Waals surface area contributed by atoms with Gasteiger partial charge in [0.05, 0.1) is 10.7 Å². The zero-order valence-corrected chi connectivity index (χ0v) is 9.21. The van der Waals surface area contributed by atoms with Crippen LogP contribution in [-0.4, -0.2) is 17.7 Å². The maximum absolute atomic E-state index is 11.8. The lowest BCUT2D eigenvalue weighted by molar-refractivity contribution is -0.135. The summed E-state index contributed by atoms with van der Waals surface area (Å²) in [6.07, 6.45) is -4.65. The van der Waals surface area contributed by atoms with Crippen LogP contribution in [0.3, 0.4) is 0 Å². The van der Waals surface area contributed by atoms with Crippen LogP contribution in [0.25, 0.3) is 0 Å². The summed E-state index contributed by atoms with van der Waals surface area (Å²) in [5, 5.41) is 5.81. The average molecular weight is 238 g/mol. The minimum Gasteiger partial charge on any atom is -0.311 e. The second kappa shape index (κ2) is 5.46. The van der Waals surface area contributed by atoms with Crippen LogP contribution >= 0.6 is 11.3 Å². The number of thiazole rings is 1. The number of halogens is 3. The van der Waals surface area contributed by atoms with Gasteiger partial charge in [-0.05, 0) is 19.9 Å². The molecule has 2 nitrogen and oxygen atoms in total.